The summed E-state index contributed by atoms with van der Waals surface area (Å²) < 4.78 is 5.34. The molecule has 1 heterocycles. The summed E-state index contributed by atoms with van der Waals surface area (Å²) >= 11 is 1.23. The fraction of sp³-hybridized carbons (Fsp3) is 0.400. The Morgan fingerprint density at radius 2 is 1.85 bits per heavy atom. The predicted octanol–water partition coefficient (Wildman–Crippen LogP) is 3.77. The number of carbonyl (C=O) groups is 2. The molecule has 0 saturated heterocycles. The van der Waals surface area contributed by atoms with Crippen molar-refractivity contribution in [1.82, 2.24) is 10.2 Å². The second kappa shape index (κ2) is 9.50. The molecule has 1 unspecified atom stereocenters. The molecule has 2 rings (SSSR count). The number of ketones is 1. The van der Waals surface area contributed by atoms with Gasteiger partial charge in [-0.25, -0.2) is 0 Å². The summed E-state index contributed by atoms with van der Waals surface area (Å²) in [5, 5.41) is 3.01. The van der Waals surface area contributed by atoms with Gasteiger partial charge in [0.2, 0.25) is 0 Å². The van der Waals surface area contributed by atoms with Gasteiger partial charge in [0.1, 0.15) is 5.75 Å². The number of ether oxygens (including phenoxy) is 1. The van der Waals surface area contributed by atoms with Crippen molar-refractivity contribution >= 4 is 23.0 Å². The number of thiophene rings is 1. The highest BCUT2D eigenvalue weighted by molar-refractivity contribution is 7.15. The summed E-state index contributed by atoms with van der Waals surface area (Å²) in [6, 6.07) is 11.4. The van der Waals surface area contributed by atoms with Crippen LogP contribution >= 0.6 is 11.3 Å². The van der Waals surface area contributed by atoms with E-state index in [0.717, 1.165) is 24.4 Å². The van der Waals surface area contributed by atoms with Gasteiger partial charge in [0.15, 0.2) is 5.78 Å². The summed E-state index contributed by atoms with van der Waals surface area (Å²) in [6.07, 6.45) is 0. The van der Waals surface area contributed by atoms with Crippen molar-refractivity contribution in [3.8, 4) is 5.75 Å². The van der Waals surface area contributed by atoms with Crippen LogP contribution in [0.2, 0.25) is 0 Å². The van der Waals surface area contributed by atoms with E-state index in [1.165, 1.54) is 18.3 Å². The molecule has 1 N–H and O–H groups in total. The highest BCUT2D eigenvalue weighted by Gasteiger charge is 2.20. The number of benzene rings is 1. The fourth-order valence-electron chi connectivity index (χ4n) is 2.90. The van der Waals surface area contributed by atoms with Crippen LogP contribution in [-0.4, -0.2) is 43.3 Å². The zero-order chi connectivity index (χ0) is 19.1. The Morgan fingerprint density at radius 1 is 1.15 bits per heavy atom. The third kappa shape index (κ3) is 4.93. The monoisotopic (exact) mass is 374 g/mol. The van der Waals surface area contributed by atoms with Crippen molar-refractivity contribution < 1.29 is 14.3 Å². The number of methoxy groups -OCH3 is 1. The van der Waals surface area contributed by atoms with Gasteiger partial charge in [-0.05, 0) is 49.8 Å². The molecule has 1 aromatic carbocycles. The van der Waals surface area contributed by atoms with Gasteiger partial charge in [-0.15, -0.1) is 11.3 Å². The number of hydrogen-bond donors (Lipinski definition) is 1. The Morgan fingerprint density at radius 3 is 2.42 bits per heavy atom. The molecule has 5 nitrogen and oxygen atoms in total. The van der Waals surface area contributed by atoms with E-state index in [4.69, 9.17) is 4.74 Å². The van der Waals surface area contributed by atoms with Gasteiger partial charge in [-0.2, -0.15) is 0 Å². The van der Waals surface area contributed by atoms with Crippen LogP contribution in [0.4, 0.5) is 0 Å². The quantitative estimate of drug-likeness (QED) is 0.679. The molecular weight excluding hydrogens is 348 g/mol. The van der Waals surface area contributed by atoms with Crippen LogP contribution in [0.3, 0.4) is 0 Å². The topological polar surface area (TPSA) is 58.6 Å². The molecule has 0 aliphatic rings. The van der Waals surface area contributed by atoms with E-state index in [-0.39, 0.29) is 17.7 Å². The lowest BCUT2D eigenvalue weighted by atomic mass is 10.0. The molecule has 6 heteroatoms. The molecular formula is C20H26N2O3S. The fourth-order valence-corrected chi connectivity index (χ4v) is 3.71. The van der Waals surface area contributed by atoms with Gasteiger partial charge in [0.05, 0.1) is 22.9 Å². The lowest BCUT2D eigenvalue weighted by Gasteiger charge is -2.30. The first-order chi connectivity index (χ1) is 12.5. The first-order valence-electron chi connectivity index (χ1n) is 8.77. The standard InChI is InChI=1S/C20H26N2O3S/c1-5-22(6-2)17(15-8-7-9-16(12-15)25-4)13-21-20(24)19-11-10-18(26-19)14(3)23/h7-12,17H,5-6,13H2,1-4H3,(H,21,24). The van der Waals surface area contributed by atoms with Crippen LogP contribution in [0.25, 0.3) is 0 Å². The van der Waals surface area contributed by atoms with Crippen LogP contribution in [0.1, 0.15) is 51.7 Å². The lowest BCUT2D eigenvalue weighted by molar-refractivity contribution is 0.0938. The highest BCUT2D eigenvalue weighted by atomic mass is 32.1. The van der Waals surface area contributed by atoms with Crippen molar-refractivity contribution in [2.75, 3.05) is 26.7 Å². The first-order valence-corrected chi connectivity index (χ1v) is 9.58. The van der Waals surface area contributed by atoms with E-state index in [9.17, 15) is 9.59 Å². The number of rotatable bonds is 9. The zero-order valence-electron chi connectivity index (χ0n) is 15.7. The number of Topliss-reactive ketones (excluding diaryl/α,β-unsaturated/α-hetero) is 1. The Kier molecular flexibility index (Phi) is 7.36. The SMILES string of the molecule is CCN(CC)C(CNC(=O)c1ccc(C(C)=O)s1)c1cccc(OC)c1. The Hall–Kier alpha value is -2.18. The summed E-state index contributed by atoms with van der Waals surface area (Å²) in [4.78, 5) is 27.4. The van der Waals surface area contributed by atoms with Crippen molar-refractivity contribution in [3.63, 3.8) is 0 Å². The minimum absolute atomic E-state index is 0.0218. The average molecular weight is 375 g/mol. The minimum Gasteiger partial charge on any atom is -0.497 e. The van der Waals surface area contributed by atoms with Crippen molar-refractivity contribution in [2.45, 2.75) is 26.8 Å². The molecule has 0 saturated carbocycles. The van der Waals surface area contributed by atoms with E-state index in [0.29, 0.717) is 16.3 Å². The summed E-state index contributed by atoms with van der Waals surface area (Å²) in [5.41, 5.74) is 1.10. The average Bonchev–Trinajstić information content (AvgIpc) is 3.15. The Labute approximate surface area is 159 Å². The summed E-state index contributed by atoms with van der Waals surface area (Å²) in [6.45, 7) is 7.96. The molecule has 1 amide bonds. The van der Waals surface area contributed by atoms with Crippen LogP contribution in [0.5, 0.6) is 5.75 Å². The summed E-state index contributed by atoms with van der Waals surface area (Å²) in [5.74, 6) is 0.629. The second-order valence-electron chi connectivity index (χ2n) is 5.94. The molecule has 140 valence electrons. The maximum Gasteiger partial charge on any atom is 0.261 e. The third-order valence-electron chi connectivity index (χ3n) is 4.36. The number of carbonyl (C=O) groups excluding carboxylic acids is 2. The molecule has 2 aromatic rings. The van der Waals surface area contributed by atoms with Crippen molar-refractivity contribution in [3.05, 3.63) is 51.7 Å². The Bertz CT molecular complexity index is 753. The molecule has 26 heavy (non-hydrogen) atoms. The second-order valence-corrected chi connectivity index (χ2v) is 7.03. The van der Waals surface area contributed by atoms with Crippen molar-refractivity contribution in [2.24, 2.45) is 0 Å². The molecule has 0 radical (unpaired) electrons. The first kappa shape index (κ1) is 20.1. The molecule has 1 atom stereocenters. The van der Waals surface area contributed by atoms with E-state index >= 15 is 0 Å². The normalized spacial score (nSPS) is 12.0. The smallest absolute Gasteiger partial charge is 0.261 e. The summed E-state index contributed by atoms with van der Waals surface area (Å²) in [7, 11) is 1.65. The van der Waals surface area contributed by atoms with Gasteiger partial charge in [0, 0.05) is 6.54 Å². The molecule has 0 fully saturated rings. The number of hydrogen-bond acceptors (Lipinski definition) is 5. The predicted molar refractivity (Wildman–Crippen MR) is 105 cm³/mol. The van der Waals surface area contributed by atoms with E-state index in [1.807, 2.05) is 18.2 Å². The molecule has 0 bridgehead atoms. The molecule has 0 aliphatic heterocycles. The van der Waals surface area contributed by atoms with Crippen LogP contribution in [0.15, 0.2) is 36.4 Å². The van der Waals surface area contributed by atoms with Crippen LogP contribution in [-0.2, 0) is 0 Å². The third-order valence-corrected chi connectivity index (χ3v) is 5.55. The van der Waals surface area contributed by atoms with Gasteiger partial charge >= 0.3 is 0 Å². The van der Waals surface area contributed by atoms with E-state index in [2.05, 4.69) is 30.1 Å². The molecule has 0 spiro atoms. The van der Waals surface area contributed by atoms with E-state index < -0.39 is 0 Å². The highest BCUT2D eigenvalue weighted by Crippen LogP contribution is 2.24. The van der Waals surface area contributed by atoms with Crippen LogP contribution < -0.4 is 10.1 Å². The zero-order valence-corrected chi connectivity index (χ0v) is 16.6. The van der Waals surface area contributed by atoms with Gasteiger partial charge in [0.25, 0.3) is 5.91 Å². The molecule has 1 aromatic heterocycles. The van der Waals surface area contributed by atoms with E-state index in [1.54, 1.807) is 19.2 Å². The lowest BCUT2D eigenvalue weighted by Crippen LogP contribution is -2.37. The maximum absolute atomic E-state index is 12.5. The van der Waals surface area contributed by atoms with Gasteiger partial charge < -0.3 is 10.1 Å². The van der Waals surface area contributed by atoms with Crippen LogP contribution in [0, 0.1) is 0 Å². The number of nitrogens with zero attached hydrogens (tertiary/aromatic N) is 1. The molecule has 0 aliphatic carbocycles. The minimum atomic E-state index is -0.150. The van der Waals surface area contributed by atoms with Gasteiger partial charge in [-0.1, -0.05) is 26.0 Å². The number of likely N-dealkylation sites (N-methyl/N-ethyl adjacent to an activating group) is 1. The van der Waals surface area contributed by atoms with Gasteiger partial charge in [-0.3, -0.25) is 14.5 Å². The Balaban J connectivity index is 2.15. The van der Waals surface area contributed by atoms with Crippen molar-refractivity contribution in [1.29, 1.82) is 0 Å². The largest absolute Gasteiger partial charge is 0.497 e. The number of amides is 1. The number of nitrogens with one attached hydrogen (secondary N) is 1. The maximum atomic E-state index is 12.5.